The van der Waals surface area contributed by atoms with E-state index in [4.69, 9.17) is 0 Å². The van der Waals surface area contributed by atoms with E-state index in [9.17, 15) is 9.59 Å². The van der Waals surface area contributed by atoms with Gasteiger partial charge >= 0.3 is 0 Å². The minimum absolute atomic E-state index is 0.00132. The van der Waals surface area contributed by atoms with Crippen molar-refractivity contribution in [1.82, 2.24) is 10.6 Å². The average Bonchev–Trinajstić information content (AvgIpc) is 2.95. The highest BCUT2D eigenvalue weighted by atomic mass is 79.9. The lowest BCUT2D eigenvalue weighted by Gasteiger charge is -2.23. The first-order valence-corrected chi connectivity index (χ1v) is 8.97. The van der Waals surface area contributed by atoms with Crippen LogP contribution in [0.5, 0.6) is 0 Å². The van der Waals surface area contributed by atoms with Crippen molar-refractivity contribution in [2.75, 3.05) is 31.1 Å². The maximum Gasteiger partial charge on any atom is 0.227 e. The highest BCUT2D eigenvalue weighted by Crippen LogP contribution is 2.27. The molecule has 0 saturated carbocycles. The molecule has 3 rings (SSSR count). The summed E-state index contributed by atoms with van der Waals surface area (Å²) in [6.45, 7) is 3.20. The first kappa shape index (κ1) is 16.5. The fourth-order valence-corrected chi connectivity index (χ4v) is 3.65. The van der Waals surface area contributed by atoms with E-state index in [0.717, 1.165) is 29.7 Å². The van der Waals surface area contributed by atoms with Crippen molar-refractivity contribution in [3.8, 4) is 0 Å². The van der Waals surface area contributed by atoms with Crippen LogP contribution in [0, 0.1) is 11.8 Å². The second kappa shape index (κ2) is 7.45. The van der Waals surface area contributed by atoms with E-state index in [-0.39, 0.29) is 17.7 Å². The number of carbonyl (C=O) groups excluding carboxylic acids is 2. The zero-order chi connectivity index (χ0) is 16.2. The average molecular weight is 380 g/mol. The second-order valence-electron chi connectivity index (χ2n) is 6.34. The number of piperidine rings is 1. The molecule has 2 atom stereocenters. The molecule has 2 unspecified atom stereocenters. The molecule has 2 aliphatic heterocycles. The van der Waals surface area contributed by atoms with E-state index in [2.05, 4.69) is 26.6 Å². The minimum atomic E-state index is -0.252. The van der Waals surface area contributed by atoms with Gasteiger partial charge in [0.05, 0.1) is 5.92 Å². The molecule has 0 aromatic heterocycles. The predicted molar refractivity (Wildman–Crippen MR) is 93.2 cm³/mol. The van der Waals surface area contributed by atoms with Gasteiger partial charge in [0.15, 0.2) is 0 Å². The van der Waals surface area contributed by atoms with E-state index in [1.807, 2.05) is 24.3 Å². The summed E-state index contributed by atoms with van der Waals surface area (Å²) in [7, 11) is 0. The van der Waals surface area contributed by atoms with Crippen molar-refractivity contribution in [1.29, 1.82) is 0 Å². The summed E-state index contributed by atoms with van der Waals surface area (Å²) in [5.41, 5.74) is 0.844. The number of anilines is 1. The Hall–Kier alpha value is -1.40. The molecule has 2 aliphatic rings. The molecule has 2 N–H and O–H groups in total. The molecule has 0 aliphatic carbocycles. The van der Waals surface area contributed by atoms with Crippen molar-refractivity contribution >= 4 is 33.4 Å². The molecule has 124 valence electrons. The lowest BCUT2D eigenvalue weighted by atomic mass is 9.99. The van der Waals surface area contributed by atoms with Crippen molar-refractivity contribution in [2.24, 2.45) is 11.8 Å². The summed E-state index contributed by atoms with van der Waals surface area (Å²) in [5.74, 6) is 0.271. The van der Waals surface area contributed by atoms with Crippen molar-refractivity contribution in [2.45, 2.75) is 19.3 Å². The number of halogens is 1. The fraction of sp³-hybridized carbons (Fsp3) is 0.529. The number of amides is 2. The van der Waals surface area contributed by atoms with E-state index in [1.54, 1.807) is 4.90 Å². The van der Waals surface area contributed by atoms with Crippen LogP contribution in [0.2, 0.25) is 0 Å². The summed E-state index contributed by atoms with van der Waals surface area (Å²) in [5, 5.41) is 6.38. The van der Waals surface area contributed by atoms with E-state index < -0.39 is 0 Å². The molecule has 2 amide bonds. The lowest BCUT2D eigenvalue weighted by molar-refractivity contribution is -0.126. The first-order valence-electron chi connectivity index (χ1n) is 8.18. The summed E-state index contributed by atoms with van der Waals surface area (Å²) < 4.78 is 0.931. The SMILES string of the molecule is O=C(NCC1CCCNC1)C1CC(=O)N(c2cccc(Br)c2)C1. The van der Waals surface area contributed by atoms with Gasteiger partial charge < -0.3 is 15.5 Å². The summed E-state index contributed by atoms with van der Waals surface area (Å²) in [6.07, 6.45) is 2.61. The Kier molecular flexibility index (Phi) is 5.33. The number of nitrogens with zero attached hydrogens (tertiary/aromatic N) is 1. The molecule has 6 heteroatoms. The number of nitrogens with one attached hydrogen (secondary N) is 2. The molecular weight excluding hydrogens is 358 g/mol. The fourth-order valence-electron chi connectivity index (χ4n) is 3.26. The highest BCUT2D eigenvalue weighted by Gasteiger charge is 2.35. The van der Waals surface area contributed by atoms with Crippen LogP contribution in [0.25, 0.3) is 0 Å². The standard InChI is InChI=1S/C17H22BrN3O2/c18-14-4-1-5-15(8-14)21-11-13(7-16(21)22)17(23)20-10-12-3-2-6-19-9-12/h1,4-5,8,12-13,19H,2-3,6-7,9-11H2,(H,20,23). The van der Waals surface area contributed by atoms with Crippen LogP contribution in [-0.2, 0) is 9.59 Å². The van der Waals surface area contributed by atoms with Gasteiger partial charge in [0.2, 0.25) is 11.8 Å². The van der Waals surface area contributed by atoms with Gasteiger partial charge in [-0.25, -0.2) is 0 Å². The Labute approximate surface area is 144 Å². The van der Waals surface area contributed by atoms with Crippen molar-refractivity contribution in [3.63, 3.8) is 0 Å². The second-order valence-corrected chi connectivity index (χ2v) is 7.26. The quantitative estimate of drug-likeness (QED) is 0.839. The van der Waals surface area contributed by atoms with E-state index in [0.29, 0.717) is 25.4 Å². The van der Waals surface area contributed by atoms with Crippen LogP contribution < -0.4 is 15.5 Å². The van der Waals surface area contributed by atoms with Crippen LogP contribution in [0.1, 0.15) is 19.3 Å². The third kappa shape index (κ3) is 4.12. The van der Waals surface area contributed by atoms with Gasteiger partial charge in [-0.3, -0.25) is 9.59 Å². The highest BCUT2D eigenvalue weighted by molar-refractivity contribution is 9.10. The number of rotatable bonds is 4. The monoisotopic (exact) mass is 379 g/mol. The van der Waals surface area contributed by atoms with Gasteiger partial charge in [-0.15, -0.1) is 0 Å². The van der Waals surface area contributed by atoms with Crippen molar-refractivity contribution < 1.29 is 9.59 Å². The topological polar surface area (TPSA) is 61.4 Å². The van der Waals surface area contributed by atoms with Gasteiger partial charge in [-0.2, -0.15) is 0 Å². The van der Waals surface area contributed by atoms with Crippen LogP contribution in [0.4, 0.5) is 5.69 Å². The summed E-state index contributed by atoms with van der Waals surface area (Å²) >= 11 is 3.42. The van der Waals surface area contributed by atoms with Gasteiger partial charge in [0, 0.05) is 29.7 Å². The van der Waals surface area contributed by atoms with Crippen LogP contribution in [-0.4, -0.2) is 38.0 Å². The van der Waals surface area contributed by atoms with Crippen LogP contribution in [0.3, 0.4) is 0 Å². The predicted octanol–water partition coefficient (Wildman–Crippen LogP) is 1.92. The largest absolute Gasteiger partial charge is 0.355 e. The number of hydrogen-bond donors (Lipinski definition) is 2. The van der Waals surface area contributed by atoms with Gasteiger partial charge in [0.1, 0.15) is 0 Å². The zero-order valence-corrected chi connectivity index (χ0v) is 14.6. The van der Waals surface area contributed by atoms with E-state index in [1.165, 1.54) is 6.42 Å². The Morgan fingerprint density at radius 2 is 2.30 bits per heavy atom. The molecule has 0 bridgehead atoms. The minimum Gasteiger partial charge on any atom is -0.355 e. The lowest BCUT2D eigenvalue weighted by Crippen LogP contribution is -2.40. The Morgan fingerprint density at radius 3 is 3.04 bits per heavy atom. The number of hydrogen-bond acceptors (Lipinski definition) is 3. The van der Waals surface area contributed by atoms with Gasteiger partial charge in [-0.05, 0) is 50.0 Å². The number of benzene rings is 1. The molecule has 2 fully saturated rings. The summed E-state index contributed by atoms with van der Waals surface area (Å²) in [4.78, 5) is 26.3. The number of carbonyl (C=O) groups is 2. The molecule has 1 aromatic rings. The Balaban J connectivity index is 1.55. The molecule has 0 spiro atoms. The maximum atomic E-state index is 12.4. The van der Waals surface area contributed by atoms with E-state index >= 15 is 0 Å². The Bertz CT molecular complexity index is 587. The maximum absolute atomic E-state index is 12.4. The van der Waals surface area contributed by atoms with Gasteiger partial charge in [0.25, 0.3) is 0 Å². The van der Waals surface area contributed by atoms with Gasteiger partial charge in [-0.1, -0.05) is 22.0 Å². The molecule has 5 nitrogen and oxygen atoms in total. The molecule has 2 heterocycles. The zero-order valence-electron chi connectivity index (χ0n) is 13.1. The molecule has 1 aromatic carbocycles. The molecular formula is C17H22BrN3O2. The normalized spacial score (nSPS) is 24.7. The molecule has 0 radical (unpaired) electrons. The third-order valence-electron chi connectivity index (χ3n) is 4.58. The van der Waals surface area contributed by atoms with Crippen LogP contribution in [0.15, 0.2) is 28.7 Å². The Morgan fingerprint density at radius 1 is 1.43 bits per heavy atom. The third-order valence-corrected chi connectivity index (χ3v) is 5.07. The molecule has 2 saturated heterocycles. The molecule has 23 heavy (non-hydrogen) atoms. The first-order chi connectivity index (χ1) is 11.1. The summed E-state index contributed by atoms with van der Waals surface area (Å²) in [6, 6.07) is 7.63. The van der Waals surface area contributed by atoms with Crippen molar-refractivity contribution in [3.05, 3.63) is 28.7 Å². The van der Waals surface area contributed by atoms with Crippen LogP contribution >= 0.6 is 15.9 Å². The smallest absolute Gasteiger partial charge is 0.227 e.